The van der Waals surface area contributed by atoms with Crippen LogP contribution in [0.4, 0.5) is 0 Å². The molecule has 1 aliphatic rings. The minimum atomic E-state index is -1.10. The first-order valence-corrected chi connectivity index (χ1v) is 5.33. The van der Waals surface area contributed by atoms with Gasteiger partial charge in [-0.05, 0) is 18.8 Å². The molecule has 0 aromatic rings. The Hall–Kier alpha value is -1.36. The van der Waals surface area contributed by atoms with E-state index in [1.165, 1.54) is 0 Å². The lowest BCUT2D eigenvalue weighted by molar-refractivity contribution is -0.132. The molecule has 5 nitrogen and oxygen atoms in total. The Labute approximate surface area is 94.7 Å². The van der Waals surface area contributed by atoms with Gasteiger partial charge in [-0.3, -0.25) is 4.79 Å². The monoisotopic (exact) mass is 227 g/mol. The third-order valence-corrected chi connectivity index (χ3v) is 2.62. The van der Waals surface area contributed by atoms with Gasteiger partial charge in [0.15, 0.2) is 0 Å². The summed E-state index contributed by atoms with van der Waals surface area (Å²) in [5, 5.41) is 8.39. The van der Waals surface area contributed by atoms with E-state index >= 15 is 0 Å². The van der Waals surface area contributed by atoms with E-state index in [-0.39, 0.29) is 5.91 Å². The van der Waals surface area contributed by atoms with Crippen LogP contribution in [0.3, 0.4) is 0 Å². The van der Waals surface area contributed by atoms with Crippen LogP contribution < -0.4 is 0 Å². The SMILES string of the molecule is CN(CC1CCOCC1)C(=O)C=CC(=O)O. The minimum absolute atomic E-state index is 0.270. The zero-order chi connectivity index (χ0) is 12.0. The summed E-state index contributed by atoms with van der Waals surface area (Å²) in [4.78, 5) is 23.3. The molecule has 1 N–H and O–H groups in total. The maximum atomic E-state index is 11.5. The van der Waals surface area contributed by atoms with Crippen LogP contribution >= 0.6 is 0 Å². The van der Waals surface area contributed by atoms with Crippen LogP contribution in [0.1, 0.15) is 12.8 Å². The van der Waals surface area contributed by atoms with Gasteiger partial charge in [-0.15, -0.1) is 0 Å². The Morgan fingerprint density at radius 3 is 2.56 bits per heavy atom. The molecule has 0 unspecified atom stereocenters. The first kappa shape index (κ1) is 12.7. The van der Waals surface area contributed by atoms with Crippen LogP contribution in [-0.2, 0) is 14.3 Å². The fraction of sp³-hybridized carbons (Fsp3) is 0.636. The van der Waals surface area contributed by atoms with Crippen molar-refractivity contribution in [2.45, 2.75) is 12.8 Å². The van der Waals surface area contributed by atoms with Gasteiger partial charge in [0, 0.05) is 39.0 Å². The summed E-state index contributed by atoms with van der Waals surface area (Å²) in [5.74, 6) is -0.914. The third kappa shape index (κ3) is 4.44. The van der Waals surface area contributed by atoms with Crippen LogP contribution in [0.2, 0.25) is 0 Å². The number of carbonyl (C=O) groups excluding carboxylic acids is 1. The minimum Gasteiger partial charge on any atom is -0.478 e. The second kappa shape index (κ2) is 6.27. The van der Waals surface area contributed by atoms with Crippen LogP contribution in [-0.4, -0.2) is 48.7 Å². The number of hydrogen-bond donors (Lipinski definition) is 1. The van der Waals surface area contributed by atoms with Crippen LogP contribution in [0.15, 0.2) is 12.2 Å². The van der Waals surface area contributed by atoms with Gasteiger partial charge in [-0.2, -0.15) is 0 Å². The van der Waals surface area contributed by atoms with Crippen LogP contribution in [0.5, 0.6) is 0 Å². The van der Waals surface area contributed by atoms with Crippen molar-refractivity contribution in [2.24, 2.45) is 5.92 Å². The van der Waals surface area contributed by atoms with Crippen LogP contribution in [0, 0.1) is 5.92 Å². The highest BCUT2D eigenvalue weighted by molar-refractivity contribution is 5.93. The maximum Gasteiger partial charge on any atom is 0.328 e. The number of carbonyl (C=O) groups is 2. The van der Waals surface area contributed by atoms with Gasteiger partial charge in [-0.1, -0.05) is 0 Å². The molecule has 1 heterocycles. The second-order valence-electron chi connectivity index (χ2n) is 3.95. The summed E-state index contributed by atoms with van der Waals surface area (Å²) in [7, 11) is 1.68. The maximum absolute atomic E-state index is 11.5. The zero-order valence-corrected chi connectivity index (χ0v) is 9.39. The predicted octanol–water partition coefficient (Wildman–Crippen LogP) is 0.512. The summed E-state index contributed by atoms with van der Waals surface area (Å²) < 4.78 is 5.23. The van der Waals surface area contributed by atoms with E-state index in [4.69, 9.17) is 9.84 Å². The van der Waals surface area contributed by atoms with Gasteiger partial charge < -0.3 is 14.7 Å². The lowest BCUT2D eigenvalue weighted by atomic mass is 10.00. The quantitative estimate of drug-likeness (QED) is 0.711. The zero-order valence-electron chi connectivity index (χ0n) is 9.39. The van der Waals surface area contributed by atoms with Gasteiger partial charge in [0.05, 0.1) is 0 Å². The first-order chi connectivity index (χ1) is 7.59. The van der Waals surface area contributed by atoms with Gasteiger partial charge in [0.25, 0.3) is 0 Å². The van der Waals surface area contributed by atoms with Crippen molar-refractivity contribution < 1.29 is 19.4 Å². The van der Waals surface area contributed by atoms with Crippen LogP contribution in [0.25, 0.3) is 0 Å². The molecule has 1 fully saturated rings. The Morgan fingerprint density at radius 1 is 1.38 bits per heavy atom. The Balaban J connectivity index is 2.35. The predicted molar refractivity (Wildman–Crippen MR) is 58.0 cm³/mol. The molecule has 16 heavy (non-hydrogen) atoms. The number of nitrogens with zero attached hydrogens (tertiary/aromatic N) is 1. The molecule has 5 heteroatoms. The largest absolute Gasteiger partial charge is 0.478 e. The molecule has 90 valence electrons. The fourth-order valence-corrected chi connectivity index (χ4v) is 1.68. The normalized spacial score (nSPS) is 17.6. The molecule has 0 aromatic heterocycles. The van der Waals surface area contributed by atoms with Crippen molar-refractivity contribution in [1.29, 1.82) is 0 Å². The lowest BCUT2D eigenvalue weighted by Gasteiger charge is -2.26. The molecule has 1 aliphatic heterocycles. The van der Waals surface area contributed by atoms with Gasteiger partial charge in [0.1, 0.15) is 0 Å². The smallest absolute Gasteiger partial charge is 0.328 e. The molecule has 0 atom stereocenters. The van der Waals surface area contributed by atoms with Gasteiger partial charge in [0.2, 0.25) is 5.91 Å². The van der Waals surface area contributed by atoms with E-state index in [0.29, 0.717) is 12.5 Å². The highest BCUT2D eigenvalue weighted by atomic mass is 16.5. The Bertz CT molecular complexity index is 282. The highest BCUT2D eigenvalue weighted by Gasteiger charge is 2.17. The van der Waals surface area contributed by atoms with E-state index in [2.05, 4.69) is 0 Å². The number of amides is 1. The van der Waals surface area contributed by atoms with E-state index in [9.17, 15) is 9.59 Å². The molecule has 0 aromatic carbocycles. The number of ether oxygens (including phenoxy) is 1. The standard InChI is InChI=1S/C11H17NO4/c1-12(10(13)2-3-11(14)15)8-9-4-6-16-7-5-9/h2-3,9H,4-8H2,1H3,(H,14,15). The lowest BCUT2D eigenvalue weighted by Crippen LogP contribution is -2.33. The fourth-order valence-electron chi connectivity index (χ4n) is 1.68. The number of hydrogen-bond acceptors (Lipinski definition) is 3. The van der Waals surface area contributed by atoms with Crippen molar-refractivity contribution in [3.8, 4) is 0 Å². The summed E-state index contributed by atoms with van der Waals surface area (Å²) >= 11 is 0. The molecule has 0 aliphatic carbocycles. The molecule has 0 saturated carbocycles. The molecule has 1 amide bonds. The van der Waals surface area contributed by atoms with Crippen molar-refractivity contribution in [2.75, 3.05) is 26.8 Å². The second-order valence-corrected chi connectivity index (χ2v) is 3.95. The molecule has 0 radical (unpaired) electrons. The topological polar surface area (TPSA) is 66.8 Å². The molecule has 0 spiro atoms. The Kier molecular flexibility index (Phi) is 4.98. The van der Waals surface area contributed by atoms with Crippen molar-refractivity contribution >= 4 is 11.9 Å². The summed E-state index contributed by atoms with van der Waals surface area (Å²) in [6, 6.07) is 0. The van der Waals surface area contributed by atoms with E-state index in [0.717, 1.165) is 38.2 Å². The summed E-state index contributed by atoms with van der Waals surface area (Å²) in [6.07, 6.45) is 3.87. The van der Waals surface area contributed by atoms with Gasteiger partial charge in [-0.25, -0.2) is 4.79 Å². The van der Waals surface area contributed by atoms with Crippen molar-refractivity contribution in [3.05, 3.63) is 12.2 Å². The number of rotatable bonds is 4. The van der Waals surface area contributed by atoms with E-state index in [1.54, 1.807) is 11.9 Å². The number of carboxylic acids is 1. The average Bonchev–Trinajstić information content (AvgIpc) is 2.27. The highest BCUT2D eigenvalue weighted by Crippen LogP contribution is 2.15. The Morgan fingerprint density at radius 2 is 2.00 bits per heavy atom. The molecule has 0 bridgehead atoms. The molecule has 1 rings (SSSR count). The van der Waals surface area contributed by atoms with E-state index < -0.39 is 5.97 Å². The first-order valence-electron chi connectivity index (χ1n) is 5.33. The summed E-state index contributed by atoms with van der Waals surface area (Å²) in [6.45, 7) is 2.15. The van der Waals surface area contributed by atoms with Gasteiger partial charge >= 0.3 is 5.97 Å². The molecule has 1 saturated heterocycles. The molecular formula is C11H17NO4. The third-order valence-electron chi connectivity index (χ3n) is 2.62. The number of likely N-dealkylation sites (N-methyl/N-ethyl adjacent to an activating group) is 1. The molecular weight excluding hydrogens is 210 g/mol. The van der Waals surface area contributed by atoms with Crippen molar-refractivity contribution in [1.82, 2.24) is 4.90 Å². The number of carboxylic acid groups (broad SMARTS) is 1. The number of aliphatic carboxylic acids is 1. The van der Waals surface area contributed by atoms with Crippen molar-refractivity contribution in [3.63, 3.8) is 0 Å². The van der Waals surface area contributed by atoms with E-state index in [1.807, 2.05) is 0 Å². The summed E-state index contributed by atoms with van der Waals surface area (Å²) in [5.41, 5.74) is 0. The average molecular weight is 227 g/mol.